The summed E-state index contributed by atoms with van der Waals surface area (Å²) in [6, 6.07) is 6.92. The first-order chi connectivity index (χ1) is 9.95. The molecule has 1 atom stereocenters. The Bertz CT molecular complexity index is 527. The van der Waals surface area contributed by atoms with E-state index >= 15 is 0 Å². The first-order valence-electron chi connectivity index (χ1n) is 7.05. The number of urea groups is 1. The van der Waals surface area contributed by atoms with E-state index in [2.05, 4.69) is 10.6 Å². The summed E-state index contributed by atoms with van der Waals surface area (Å²) in [6.07, 6.45) is 1.45. The van der Waals surface area contributed by atoms with Crippen LogP contribution in [0.1, 0.15) is 31.4 Å². The number of carbonyl (C=O) groups is 2. The molecule has 1 unspecified atom stereocenters. The molecule has 0 radical (unpaired) electrons. The van der Waals surface area contributed by atoms with Gasteiger partial charge in [-0.25, -0.2) is 4.79 Å². The molecule has 3 amide bonds. The van der Waals surface area contributed by atoms with Crippen LogP contribution in [-0.4, -0.2) is 41.6 Å². The van der Waals surface area contributed by atoms with Gasteiger partial charge in [0.1, 0.15) is 6.54 Å². The van der Waals surface area contributed by atoms with Crippen molar-refractivity contribution in [1.29, 1.82) is 0 Å². The third-order valence-corrected chi connectivity index (χ3v) is 3.29. The summed E-state index contributed by atoms with van der Waals surface area (Å²) >= 11 is 0. The molecule has 0 bridgehead atoms. The summed E-state index contributed by atoms with van der Waals surface area (Å²) in [4.78, 5) is 25.0. The van der Waals surface area contributed by atoms with Crippen LogP contribution >= 0.6 is 0 Å². The molecule has 21 heavy (non-hydrogen) atoms. The van der Waals surface area contributed by atoms with Crippen LogP contribution in [0.2, 0.25) is 0 Å². The molecule has 2 rings (SSSR count). The smallest absolute Gasteiger partial charge is 0.322 e. The minimum absolute atomic E-state index is 0.0262. The predicted octanol–water partition coefficient (Wildman–Crippen LogP) is 1.48. The van der Waals surface area contributed by atoms with Crippen molar-refractivity contribution in [3.8, 4) is 0 Å². The fourth-order valence-corrected chi connectivity index (χ4v) is 1.88. The van der Waals surface area contributed by atoms with Gasteiger partial charge in [-0.05, 0) is 37.5 Å². The lowest BCUT2D eigenvalue weighted by Gasteiger charge is -2.18. The van der Waals surface area contributed by atoms with Gasteiger partial charge in [0.2, 0.25) is 5.91 Å². The van der Waals surface area contributed by atoms with Crippen LogP contribution in [0.25, 0.3) is 0 Å². The maximum atomic E-state index is 12.0. The lowest BCUT2D eigenvalue weighted by atomic mass is 10.1. The Kier molecular flexibility index (Phi) is 4.80. The number of hydrogen-bond donors (Lipinski definition) is 3. The minimum atomic E-state index is -0.594. The van der Waals surface area contributed by atoms with Gasteiger partial charge in [-0.2, -0.15) is 0 Å². The van der Waals surface area contributed by atoms with E-state index < -0.39 is 6.10 Å². The van der Waals surface area contributed by atoms with Gasteiger partial charge in [-0.15, -0.1) is 0 Å². The summed E-state index contributed by atoms with van der Waals surface area (Å²) < 4.78 is 0. The van der Waals surface area contributed by atoms with Crippen molar-refractivity contribution in [2.75, 3.05) is 18.9 Å². The molecule has 1 fully saturated rings. The van der Waals surface area contributed by atoms with Crippen LogP contribution < -0.4 is 10.6 Å². The van der Waals surface area contributed by atoms with E-state index in [0.717, 1.165) is 18.4 Å². The van der Waals surface area contributed by atoms with Crippen LogP contribution in [0.4, 0.5) is 10.5 Å². The second-order valence-corrected chi connectivity index (χ2v) is 5.43. The van der Waals surface area contributed by atoms with E-state index in [0.29, 0.717) is 5.69 Å². The largest absolute Gasteiger partial charge is 0.389 e. The number of likely N-dealkylation sites (N-methyl/N-ethyl adjacent to an activating group) is 1. The first kappa shape index (κ1) is 15.3. The van der Waals surface area contributed by atoms with Crippen LogP contribution in [0, 0.1) is 0 Å². The lowest BCUT2D eigenvalue weighted by Crippen LogP contribution is -2.41. The van der Waals surface area contributed by atoms with Crippen LogP contribution in [0.3, 0.4) is 0 Å². The van der Waals surface area contributed by atoms with Crippen molar-refractivity contribution in [2.24, 2.45) is 0 Å². The topological polar surface area (TPSA) is 81.7 Å². The Morgan fingerprint density at radius 2 is 2.14 bits per heavy atom. The van der Waals surface area contributed by atoms with E-state index in [1.165, 1.54) is 4.90 Å². The molecule has 0 aliphatic heterocycles. The highest BCUT2D eigenvalue weighted by Crippen LogP contribution is 2.19. The maximum Gasteiger partial charge on any atom is 0.322 e. The van der Waals surface area contributed by atoms with Gasteiger partial charge in [0.25, 0.3) is 0 Å². The zero-order chi connectivity index (χ0) is 15.4. The highest BCUT2D eigenvalue weighted by molar-refractivity contribution is 5.92. The van der Waals surface area contributed by atoms with Crippen molar-refractivity contribution >= 4 is 17.6 Å². The Morgan fingerprint density at radius 3 is 2.76 bits per heavy atom. The number of aliphatic hydroxyl groups excluding tert-OH is 1. The SMILES string of the molecule is CC(O)c1cccc(NC(=O)N(C)CC(=O)NC2CC2)c1. The van der Waals surface area contributed by atoms with Crippen molar-refractivity contribution in [3.05, 3.63) is 29.8 Å². The number of benzene rings is 1. The summed E-state index contributed by atoms with van der Waals surface area (Å²) in [5.41, 5.74) is 1.31. The minimum Gasteiger partial charge on any atom is -0.389 e. The fourth-order valence-electron chi connectivity index (χ4n) is 1.88. The molecule has 1 aromatic rings. The first-order valence-corrected chi connectivity index (χ1v) is 7.05. The van der Waals surface area contributed by atoms with Gasteiger partial charge in [0.15, 0.2) is 0 Å². The van der Waals surface area contributed by atoms with Crippen molar-refractivity contribution < 1.29 is 14.7 Å². The molecule has 0 heterocycles. The molecule has 3 N–H and O–H groups in total. The number of amides is 3. The van der Waals surface area contributed by atoms with Gasteiger partial charge < -0.3 is 20.6 Å². The Hall–Kier alpha value is -2.08. The van der Waals surface area contributed by atoms with Crippen molar-refractivity contribution in [1.82, 2.24) is 10.2 Å². The number of nitrogens with zero attached hydrogens (tertiary/aromatic N) is 1. The monoisotopic (exact) mass is 291 g/mol. The zero-order valence-corrected chi connectivity index (χ0v) is 12.3. The molecule has 6 heteroatoms. The van der Waals surface area contributed by atoms with Crippen LogP contribution in [-0.2, 0) is 4.79 Å². The normalized spacial score (nSPS) is 15.2. The second kappa shape index (κ2) is 6.58. The molecule has 0 aromatic heterocycles. The van der Waals surface area contributed by atoms with E-state index in [4.69, 9.17) is 0 Å². The highest BCUT2D eigenvalue weighted by Gasteiger charge is 2.24. The van der Waals surface area contributed by atoms with Crippen LogP contribution in [0.5, 0.6) is 0 Å². The van der Waals surface area contributed by atoms with E-state index in [1.807, 2.05) is 0 Å². The predicted molar refractivity (Wildman–Crippen MR) is 79.9 cm³/mol. The molecular formula is C15H21N3O3. The molecule has 114 valence electrons. The average Bonchev–Trinajstić information content (AvgIpc) is 3.22. The molecule has 1 aliphatic rings. The Morgan fingerprint density at radius 1 is 1.43 bits per heavy atom. The van der Waals surface area contributed by atoms with Crippen molar-refractivity contribution in [2.45, 2.75) is 31.9 Å². The average molecular weight is 291 g/mol. The molecule has 0 saturated heterocycles. The highest BCUT2D eigenvalue weighted by atomic mass is 16.3. The lowest BCUT2D eigenvalue weighted by molar-refractivity contribution is -0.121. The van der Waals surface area contributed by atoms with Crippen LogP contribution in [0.15, 0.2) is 24.3 Å². The zero-order valence-electron chi connectivity index (χ0n) is 12.3. The fraction of sp³-hybridized carbons (Fsp3) is 0.467. The third-order valence-electron chi connectivity index (χ3n) is 3.29. The molecule has 1 aromatic carbocycles. The number of nitrogens with one attached hydrogen (secondary N) is 2. The van der Waals surface area contributed by atoms with E-state index in [9.17, 15) is 14.7 Å². The molecular weight excluding hydrogens is 270 g/mol. The summed E-state index contributed by atoms with van der Waals surface area (Å²) in [5, 5.41) is 15.1. The number of rotatable bonds is 5. The number of anilines is 1. The number of aliphatic hydroxyl groups is 1. The quantitative estimate of drug-likeness (QED) is 0.768. The van der Waals surface area contributed by atoms with E-state index in [1.54, 1.807) is 38.2 Å². The molecule has 1 aliphatic carbocycles. The number of carbonyl (C=O) groups excluding carboxylic acids is 2. The summed E-state index contributed by atoms with van der Waals surface area (Å²) in [5.74, 6) is -0.145. The molecule has 0 spiro atoms. The molecule has 6 nitrogen and oxygen atoms in total. The Labute approximate surface area is 124 Å². The maximum absolute atomic E-state index is 12.0. The number of hydrogen-bond acceptors (Lipinski definition) is 3. The van der Waals surface area contributed by atoms with Gasteiger partial charge in [-0.3, -0.25) is 4.79 Å². The van der Waals surface area contributed by atoms with Crippen molar-refractivity contribution in [3.63, 3.8) is 0 Å². The third kappa shape index (κ3) is 4.75. The summed E-state index contributed by atoms with van der Waals surface area (Å²) in [6.45, 7) is 1.69. The standard InChI is InChI=1S/C15H21N3O3/c1-10(19)11-4-3-5-13(8-11)17-15(21)18(2)9-14(20)16-12-6-7-12/h3-5,8,10,12,19H,6-7,9H2,1-2H3,(H,16,20)(H,17,21). The van der Waals surface area contributed by atoms with Gasteiger partial charge in [0.05, 0.1) is 6.10 Å². The molecule has 1 saturated carbocycles. The van der Waals surface area contributed by atoms with Gasteiger partial charge in [-0.1, -0.05) is 12.1 Å². The Balaban J connectivity index is 1.87. The summed E-state index contributed by atoms with van der Waals surface area (Å²) in [7, 11) is 1.57. The second-order valence-electron chi connectivity index (χ2n) is 5.43. The van der Waals surface area contributed by atoms with Gasteiger partial charge in [0, 0.05) is 18.8 Å². The van der Waals surface area contributed by atoms with E-state index in [-0.39, 0.29) is 24.5 Å². The van der Waals surface area contributed by atoms with Gasteiger partial charge >= 0.3 is 6.03 Å².